The van der Waals surface area contributed by atoms with Gasteiger partial charge in [-0.1, -0.05) is 82.2 Å². The molecule has 0 aromatic carbocycles. The van der Waals surface area contributed by atoms with Crippen LogP contribution in [-0.2, 0) is 13.6 Å². The van der Waals surface area contributed by atoms with Crippen LogP contribution in [0.25, 0.3) is 0 Å². The Labute approximate surface area is 197 Å². The highest BCUT2D eigenvalue weighted by molar-refractivity contribution is 6.74. The van der Waals surface area contributed by atoms with Gasteiger partial charge in [0, 0.05) is 11.3 Å². The van der Waals surface area contributed by atoms with Crippen molar-refractivity contribution in [2.24, 2.45) is 17.3 Å². The Morgan fingerprint density at radius 3 is 1.55 bits per heavy atom. The summed E-state index contributed by atoms with van der Waals surface area (Å²) in [7, 11) is -4.03. The minimum atomic E-state index is -2.03. The van der Waals surface area contributed by atoms with Gasteiger partial charge in [0.05, 0.1) is 12.2 Å². The maximum Gasteiger partial charge on any atom is 0.192 e. The first-order valence-corrected chi connectivity index (χ1v) is 17.9. The number of carbonyl (C=O) groups excluding carboxylic acids is 1. The van der Waals surface area contributed by atoms with Crippen LogP contribution in [0.3, 0.4) is 0 Å². The van der Waals surface area contributed by atoms with Crippen molar-refractivity contribution in [2.45, 2.75) is 131 Å². The predicted octanol–water partition coefficient (Wildman–Crippen LogP) is 8.23. The third-order valence-corrected chi connectivity index (χ3v) is 16.8. The van der Waals surface area contributed by atoms with E-state index in [2.05, 4.69) is 109 Å². The molecule has 0 saturated carbocycles. The number of Topliss-reactive ketones (excluding diaryl/α,β-unsaturated/α-hetero) is 1. The lowest BCUT2D eigenvalue weighted by Crippen LogP contribution is -2.53. The second kappa shape index (κ2) is 10.4. The summed E-state index contributed by atoms with van der Waals surface area (Å²) in [5.41, 5.74) is -0.618. The molecule has 0 unspecified atom stereocenters. The van der Waals surface area contributed by atoms with Gasteiger partial charge in [-0.2, -0.15) is 0 Å². The Hall–Kier alpha value is -0.236. The van der Waals surface area contributed by atoms with E-state index in [0.29, 0.717) is 6.42 Å². The first-order valence-electron chi connectivity index (χ1n) is 12.0. The maximum absolute atomic E-state index is 13.9. The first kappa shape index (κ1) is 30.8. The van der Waals surface area contributed by atoms with Crippen LogP contribution in [0.2, 0.25) is 36.3 Å². The van der Waals surface area contributed by atoms with Gasteiger partial charge in [-0.15, -0.1) is 6.58 Å². The standard InChI is InChI=1S/C26H54O3Si2/c1-17-18-21(28-30(13,14)24(5,6)7)26(11,12)23(27)20(4)22(19(2)3)29-31(15,16)25(8,9)10/h17,19-22H,1,18H2,2-16H3/t20-,21-,22-/m0/s1. The van der Waals surface area contributed by atoms with Crippen LogP contribution in [0.4, 0.5) is 0 Å². The van der Waals surface area contributed by atoms with E-state index in [0.717, 1.165) is 0 Å². The first-order chi connectivity index (χ1) is 13.5. The molecular formula is C26H54O3Si2. The number of carbonyl (C=O) groups is 1. The molecule has 0 aromatic heterocycles. The van der Waals surface area contributed by atoms with Gasteiger partial charge in [0.2, 0.25) is 0 Å². The normalized spacial score (nSPS) is 17.4. The van der Waals surface area contributed by atoms with Crippen LogP contribution < -0.4 is 0 Å². The Morgan fingerprint density at radius 2 is 1.23 bits per heavy atom. The van der Waals surface area contributed by atoms with Crippen molar-refractivity contribution < 1.29 is 13.6 Å². The second-order valence-electron chi connectivity index (χ2n) is 13.4. The highest BCUT2D eigenvalue weighted by Crippen LogP contribution is 2.43. The SMILES string of the molecule is C=CC[C@H](O[Si](C)(C)C(C)(C)C)C(C)(C)C(=O)[C@@H](C)[C@@H](O[Si](C)(C)C(C)(C)C)C(C)C. The summed E-state index contributed by atoms with van der Waals surface area (Å²) in [6, 6.07) is 0. The zero-order chi connectivity index (χ0) is 25.2. The number of hydrogen-bond acceptors (Lipinski definition) is 3. The van der Waals surface area contributed by atoms with E-state index in [-0.39, 0.29) is 39.9 Å². The smallest absolute Gasteiger partial charge is 0.192 e. The third-order valence-electron chi connectivity index (χ3n) is 7.86. The van der Waals surface area contributed by atoms with Crippen molar-refractivity contribution >= 4 is 22.4 Å². The quantitative estimate of drug-likeness (QED) is 0.225. The molecule has 5 heteroatoms. The van der Waals surface area contributed by atoms with Gasteiger partial charge in [0.1, 0.15) is 5.78 Å². The molecule has 0 spiro atoms. The fraction of sp³-hybridized carbons (Fsp3) is 0.885. The van der Waals surface area contributed by atoms with Crippen LogP contribution >= 0.6 is 0 Å². The summed E-state index contributed by atoms with van der Waals surface area (Å²) in [6.07, 6.45) is 2.29. The van der Waals surface area contributed by atoms with Gasteiger partial charge in [-0.25, -0.2) is 0 Å². The summed E-state index contributed by atoms with van der Waals surface area (Å²) in [4.78, 5) is 13.9. The molecular weight excluding hydrogens is 416 g/mol. The number of rotatable bonds is 11. The average Bonchev–Trinajstić information content (AvgIpc) is 2.55. The van der Waals surface area contributed by atoms with Gasteiger partial charge in [-0.3, -0.25) is 4.79 Å². The lowest BCUT2D eigenvalue weighted by Gasteiger charge is -2.46. The summed E-state index contributed by atoms with van der Waals surface area (Å²) >= 11 is 0. The van der Waals surface area contributed by atoms with E-state index in [4.69, 9.17) is 8.85 Å². The molecule has 0 saturated heterocycles. The van der Waals surface area contributed by atoms with Crippen molar-refractivity contribution in [3.63, 3.8) is 0 Å². The van der Waals surface area contributed by atoms with Gasteiger partial charge in [-0.05, 0) is 48.6 Å². The lowest BCUT2D eigenvalue weighted by atomic mass is 9.73. The third kappa shape index (κ3) is 7.65. The molecule has 184 valence electrons. The average molecular weight is 471 g/mol. The molecule has 0 aromatic rings. The molecule has 3 atom stereocenters. The van der Waals surface area contributed by atoms with Gasteiger partial charge < -0.3 is 8.85 Å². The molecule has 0 rings (SSSR count). The minimum Gasteiger partial charge on any atom is -0.413 e. The summed E-state index contributed by atoms with van der Waals surface area (Å²) in [5.74, 6) is 0.304. The van der Waals surface area contributed by atoms with Crippen LogP contribution in [0.5, 0.6) is 0 Å². The van der Waals surface area contributed by atoms with Crippen molar-refractivity contribution in [2.75, 3.05) is 0 Å². The molecule has 0 fully saturated rings. The van der Waals surface area contributed by atoms with Crippen LogP contribution in [0.1, 0.15) is 82.6 Å². The molecule has 0 bridgehead atoms. The van der Waals surface area contributed by atoms with E-state index in [1.165, 1.54) is 0 Å². The molecule has 3 nitrogen and oxygen atoms in total. The highest BCUT2D eigenvalue weighted by atomic mass is 28.4. The zero-order valence-electron chi connectivity index (χ0n) is 23.5. The van der Waals surface area contributed by atoms with Crippen molar-refractivity contribution in [1.82, 2.24) is 0 Å². The molecule has 31 heavy (non-hydrogen) atoms. The molecule has 0 aliphatic carbocycles. The van der Waals surface area contributed by atoms with Crippen molar-refractivity contribution in [1.29, 1.82) is 0 Å². The monoisotopic (exact) mass is 470 g/mol. The van der Waals surface area contributed by atoms with E-state index < -0.39 is 22.0 Å². The Morgan fingerprint density at radius 1 is 0.839 bits per heavy atom. The molecule has 0 aliphatic heterocycles. The largest absolute Gasteiger partial charge is 0.413 e. The fourth-order valence-electron chi connectivity index (χ4n) is 3.40. The van der Waals surface area contributed by atoms with E-state index >= 15 is 0 Å². The van der Waals surface area contributed by atoms with E-state index in [1.54, 1.807) is 0 Å². The van der Waals surface area contributed by atoms with Gasteiger partial charge in [0.25, 0.3) is 0 Å². The number of hydrogen-bond donors (Lipinski definition) is 0. The van der Waals surface area contributed by atoms with E-state index in [1.807, 2.05) is 6.08 Å². The summed E-state index contributed by atoms with van der Waals surface area (Å²) in [5, 5.41) is 0.193. The highest BCUT2D eigenvalue weighted by Gasteiger charge is 2.48. The van der Waals surface area contributed by atoms with E-state index in [9.17, 15) is 4.79 Å². The van der Waals surface area contributed by atoms with Gasteiger partial charge in [0.15, 0.2) is 16.6 Å². The Balaban J connectivity index is 5.97. The maximum atomic E-state index is 13.9. The predicted molar refractivity (Wildman–Crippen MR) is 142 cm³/mol. The fourth-order valence-corrected chi connectivity index (χ4v) is 6.37. The van der Waals surface area contributed by atoms with Crippen molar-refractivity contribution in [3.05, 3.63) is 12.7 Å². The Bertz CT molecular complexity index is 607. The van der Waals surface area contributed by atoms with Gasteiger partial charge >= 0.3 is 0 Å². The summed E-state index contributed by atoms with van der Waals surface area (Å²) in [6.45, 7) is 37.0. The van der Waals surface area contributed by atoms with Crippen LogP contribution in [-0.4, -0.2) is 34.6 Å². The number of ketones is 1. The zero-order valence-corrected chi connectivity index (χ0v) is 25.5. The molecule has 0 aliphatic rings. The lowest BCUT2D eigenvalue weighted by molar-refractivity contribution is -0.140. The van der Waals surface area contributed by atoms with Crippen LogP contribution in [0, 0.1) is 17.3 Å². The second-order valence-corrected chi connectivity index (χ2v) is 22.9. The minimum absolute atomic E-state index is 0.0864. The van der Waals surface area contributed by atoms with Crippen LogP contribution in [0.15, 0.2) is 12.7 Å². The molecule has 0 amide bonds. The summed E-state index contributed by atoms with van der Waals surface area (Å²) < 4.78 is 13.6. The Kier molecular flexibility index (Phi) is 10.3. The van der Waals surface area contributed by atoms with Crippen molar-refractivity contribution in [3.8, 4) is 0 Å². The topological polar surface area (TPSA) is 35.5 Å². The molecule has 0 N–H and O–H groups in total. The molecule has 0 heterocycles. The molecule has 0 radical (unpaired) electrons.